The Balaban J connectivity index is 1.42. The zero-order valence-electron chi connectivity index (χ0n) is 14.9. The largest absolute Gasteiger partial charge is 0.371 e. The predicted octanol–water partition coefficient (Wildman–Crippen LogP) is 2.74. The van der Waals surface area contributed by atoms with Gasteiger partial charge in [-0.1, -0.05) is 30.3 Å². The Morgan fingerprint density at radius 3 is 3.00 bits per heavy atom. The lowest BCUT2D eigenvalue weighted by molar-refractivity contribution is -0.118. The highest BCUT2D eigenvalue weighted by atomic mass is 16.5. The van der Waals surface area contributed by atoms with Crippen molar-refractivity contribution in [2.45, 2.75) is 39.2 Å². The number of nitrogens with one attached hydrogen (secondary N) is 2. The van der Waals surface area contributed by atoms with E-state index in [1.54, 1.807) is 13.0 Å². The van der Waals surface area contributed by atoms with Crippen LogP contribution in [0, 0.1) is 6.92 Å². The molecule has 2 heterocycles. The Hall–Kier alpha value is -2.34. The number of hydrogen-bond acceptors (Lipinski definition) is 5. The normalized spacial score (nSPS) is 14.4. The van der Waals surface area contributed by atoms with Crippen LogP contribution in [0.5, 0.6) is 0 Å². The van der Waals surface area contributed by atoms with Crippen LogP contribution < -0.4 is 15.5 Å². The fraction of sp³-hybridized carbons (Fsp3) is 0.474. The standard InChI is InChI=1S/C19H26N4O2/c1-3-16(19(24)21-18-13-14(2)25-22-18)20-10-6-11-23-12-9-15-7-4-5-8-17(15)23/h4-5,7-8,13,16,20H,3,6,9-12H2,1-2H3,(H,21,22,24)/t16-/m1/s1. The summed E-state index contributed by atoms with van der Waals surface area (Å²) in [7, 11) is 0. The molecule has 2 aromatic rings. The van der Waals surface area contributed by atoms with Gasteiger partial charge in [-0.3, -0.25) is 4.79 Å². The van der Waals surface area contributed by atoms with E-state index in [9.17, 15) is 4.79 Å². The third kappa shape index (κ3) is 4.39. The van der Waals surface area contributed by atoms with Crippen molar-refractivity contribution in [1.82, 2.24) is 10.5 Å². The number of anilines is 2. The van der Waals surface area contributed by atoms with E-state index in [1.807, 2.05) is 6.92 Å². The summed E-state index contributed by atoms with van der Waals surface area (Å²) >= 11 is 0. The summed E-state index contributed by atoms with van der Waals surface area (Å²) in [6.45, 7) is 6.70. The van der Waals surface area contributed by atoms with Gasteiger partial charge in [-0.15, -0.1) is 0 Å². The Kier molecular flexibility index (Phi) is 5.71. The van der Waals surface area contributed by atoms with Crippen molar-refractivity contribution in [1.29, 1.82) is 0 Å². The first-order chi connectivity index (χ1) is 12.2. The van der Waals surface area contributed by atoms with Crippen LogP contribution in [-0.2, 0) is 11.2 Å². The molecule has 2 N–H and O–H groups in total. The molecule has 6 heteroatoms. The molecule has 134 valence electrons. The molecule has 1 aliphatic heterocycles. The second-order valence-corrected chi connectivity index (χ2v) is 6.45. The number of para-hydroxylation sites is 1. The number of rotatable bonds is 8. The number of benzene rings is 1. The first kappa shape index (κ1) is 17.5. The van der Waals surface area contributed by atoms with Gasteiger partial charge in [-0.2, -0.15) is 0 Å². The maximum Gasteiger partial charge on any atom is 0.242 e. The minimum atomic E-state index is -0.220. The summed E-state index contributed by atoms with van der Waals surface area (Å²) < 4.78 is 4.97. The highest BCUT2D eigenvalue weighted by molar-refractivity contribution is 5.93. The van der Waals surface area contributed by atoms with Crippen LogP contribution in [0.25, 0.3) is 0 Å². The molecular weight excluding hydrogens is 316 g/mol. The van der Waals surface area contributed by atoms with Gasteiger partial charge in [0.1, 0.15) is 5.76 Å². The van der Waals surface area contributed by atoms with Crippen molar-refractivity contribution in [2.24, 2.45) is 0 Å². The van der Waals surface area contributed by atoms with Crippen molar-refractivity contribution in [2.75, 3.05) is 29.9 Å². The summed E-state index contributed by atoms with van der Waals surface area (Å²) in [5.41, 5.74) is 2.79. The Morgan fingerprint density at radius 2 is 2.24 bits per heavy atom. The lowest BCUT2D eigenvalue weighted by Crippen LogP contribution is -2.41. The van der Waals surface area contributed by atoms with Crippen LogP contribution in [0.2, 0.25) is 0 Å². The van der Waals surface area contributed by atoms with Crippen LogP contribution in [0.1, 0.15) is 31.1 Å². The lowest BCUT2D eigenvalue weighted by Gasteiger charge is -2.21. The average molecular weight is 342 g/mol. The van der Waals surface area contributed by atoms with Crippen molar-refractivity contribution in [3.8, 4) is 0 Å². The van der Waals surface area contributed by atoms with E-state index in [0.29, 0.717) is 11.6 Å². The molecule has 0 spiro atoms. The fourth-order valence-electron chi connectivity index (χ4n) is 3.25. The van der Waals surface area contributed by atoms with Gasteiger partial charge in [0.15, 0.2) is 5.82 Å². The quantitative estimate of drug-likeness (QED) is 0.722. The van der Waals surface area contributed by atoms with E-state index >= 15 is 0 Å². The summed E-state index contributed by atoms with van der Waals surface area (Å²) in [6, 6.07) is 10.1. The van der Waals surface area contributed by atoms with Gasteiger partial charge < -0.3 is 20.1 Å². The number of amides is 1. The SMILES string of the molecule is CC[C@@H](NCCCN1CCc2ccccc21)C(=O)Nc1cc(C)on1. The highest BCUT2D eigenvalue weighted by Crippen LogP contribution is 2.27. The molecule has 25 heavy (non-hydrogen) atoms. The monoisotopic (exact) mass is 342 g/mol. The fourth-order valence-corrected chi connectivity index (χ4v) is 3.25. The number of fused-ring (bicyclic) bond motifs is 1. The molecule has 0 unspecified atom stereocenters. The number of carbonyl (C=O) groups excluding carboxylic acids is 1. The molecule has 0 radical (unpaired) electrons. The molecule has 0 saturated heterocycles. The summed E-state index contributed by atoms with van der Waals surface area (Å²) in [5, 5.41) is 9.94. The summed E-state index contributed by atoms with van der Waals surface area (Å²) in [5.74, 6) is 1.08. The lowest BCUT2D eigenvalue weighted by atomic mass is 10.2. The molecule has 0 fully saturated rings. The van der Waals surface area contributed by atoms with E-state index in [-0.39, 0.29) is 11.9 Å². The molecule has 1 amide bonds. The van der Waals surface area contributed by atoms with Crippen LogP contribution in [0.3, 0.4) is 0 Å². The number of aromatic nitrogens is 1. The maximum atomic E-state index is 12.3. The molecule has 3 rings (SSSR count). The second-order valence-electron chi connectivity index (χ2n) is 6.45. The molecule has 1 aromatic carbocycles. The molecule has 0 saturated carbocycles. The highest BCUT2D eigenvalue weighted by Gasteiger charge is 2.19. The van der Waals surface area contributed by atoms with E-state index < -0.39 is 0 Å². The van der Waals surface area contributed by atoms with Crippen LogP contribution in [-0.4, -0.2) is 36.7 Å². The predicted molar refractivity (Wildman–Crippen MR) is 98.9 cm³/mol. The molecule has 0 bridgehead atoms. The van der Waals surface area contributed by atoms with Gasteiger partial charge in [0.2, 0.25) is 5.91 Å². The number of carbonyl (C=O) groups is 1. The zero-order valence-corrected chi connectivity index (χ0v) is 14.9. The third-order valence-corrected chi connectivity index (χ3v) is 4.58. The average Bonchev–Trinajstić information content (AvgIpc) is 3.21. The van der Waals surface area contributed by atoms with E-state index in [4.69, 9.17) is 4.52 Å². The van der Waals surface area contributed by atoms with Gasteiger partial charge in [0.25, 0.3) is 0 Å². The molecule has 1 aliphatic rings. The zero-order chi connectivity index (χ0) is 17.6. The minimum Gasteiger partial charge on any atom is -0.371 e. The van der Waals surface area contributed by atoms with Gasteiger partial charge in [0.05, 0.1) is 6.04 Å². The molecular formula is C19H26N4O2. The summed E-state index contributed by atoms with van der Waals surface area (Å²) in [4.78, 5) is 14.7. The molecule has 1 atom stereocenters. The first-order valence-corrected chi connectivity index (χ1v) is 8.98. The van der Waals surface area contributed by atoms with Gasteiger partial charge >= 0.3 is 0 Å². The van der Waals surface area contributed by atoms with Gasteiger partial charge in [-0.05, 0) is 44.4 Å². The van der Waals surface area contributed by atoms with E-state index in [1.165, 1.54) is 11.3 Å². The number of hydrogen-bond donors (Lipinski definition) is 2. The topological polar surface area (TPSA) is 70.4 Å². The van der Waals surface area contributed by atoms with E-state index in [0.717, 1.165) is 38.9 Å². The molecule has 0 aliphatic carbocycles. The number of nitrogens with zero attached hydrogens (tertiary/aromatic N) is 2. The smallest absolute Gasteiger partial charge is 0.242 e. The third-order valence-electron chi connectivity index (χ3n) is 4.58. The Morgan fingerprint density at radius 1 is 1.40 bits per heavy atom. The Bertz CT molecular complexity index is 713. The molecule has 1 aromatic heterocycles. The maximum absolute atomic E-state index is 12.3. The van der Waals surface area contributed by atoms with Crippen molar-refractivity contribution in [3.05, 3.63) is 41.7 Å². The van der Waals surface area contributed by atoms with Crippen molar-refractivity contribution < 1.29 is 9.32 Å². The van der Waals surface area contributed by atoms with Crippen molar-refractivity contribution in [3.63, 3.8) is 0 Å². The first-order valence-electron chi connectivity index (χ1n) is 8.98. The second kappa shape index (κ2) is 8.16. The number of aryl methyl sites for hydroxylation is 1. The van der Waals surface area contributed by atoms with Crippen LogP contribution in [0.15, 0.2) is 34.9 Å². The molecule has 6 nitrogen and oxygen atoms in total. The van der Waals surface area contributed by atoms with Crippen LogP contribution >= 0.6 is 0 Å². The van der Waals surface area contributed by atoms with Crippen LogP contribution in [0.4, 0.5) is 11.5 Å². The minimum absolute atomic E-state index is 0.0673. The van der Waals surface area contributed by atoms with Crippen molar-refractivity contribution >= 4 is 17.4 Å². The summed E-state index contributed by atoms with van der Waals surface area (Å²) in [6.07, 6.45) is 2.86. The van der Waals surface area contributed by atoms with Gasteiger partial charge in [-0.25, -0.2) is 0 Å². The van der Waals surface area contributed by atoms with Gasteiger partial charge in [0, 0.05) is 24.8 Å². The van der Waals surface area contributed by atoms with E-state index in [2.05, 4.69) is 45.0 Å². The Labute approximate surface area is 148 Å².